The summed E-state index contributed by atoms with van der Waals surface area (Å²) in [7, 11) is 1.57. The molecule has 3 aliphatic rings. The van der Waals surface area contributed by atoms with Crippen molar-refractivity contribution in [1.29, 1.82) is 0 Å². The van der Waals surface area contributed by atoms with Gasteiger partial charge in [0, 0.05) is 53.3 Å². The van der Waals surface area contributed by atoms with Crippen molar-refractivity contribution in [2.45, 2.75) is 30.3 Å². The summed E-state index contributed by atoms with van der Waals surface area (Å²) in [6.07, 6.45) is 4.84. The number of hydrogen-bond donors (Lipinski definition) is 1. The predicted octanol–water partition coefficient (Wildman–Crippen LogP) is 3.91. The smallest absolute Gasteiger partial charge is 0.269 e. The third-order valence-electron chi connectivity index (χ3n) is 7.93. The second-order valence-electron chi connectivity index (χ2n) is 9.49. The van der Waals surface area contributed by atoms with Crippen LogP contribution in [0.2, 0.25) is 0 Å². The standard InChI is InChI=1S/C27H24N4O5/c1-36-19-10-11-21-20(14-19)27(26(33)29-21)24(25(32)17-4-2-12-28-15-17)23(22-5-3-13-30(22)27)16-6-8-18(9-7-16)31(34)35/h2,4,6-12,14-15,22-24H,3,5,13H2,1H3,(H,29,33)/t22-,23+,24-,27-/m1/s1. The second-order valence-corrected chi connectivity index (χ2v) is 9.49. The predicted molar refractivity (Wildman–Crippen MR) is 131 cm³/mol. The molecule has 4 atom stereocenters. The Morgan fingerprint density at radius 1 is 1.22 bits per heavy atom. The van der Waals surface area contributed by atoms with Gasteiger partial charge in [-0.15, -0.1) is 0 Å². The van der Waals surface area contributed by atoms with Crippen LogP contribution in [0.25, 0.3) is 0 Å². The first-order valence-corrected chi connectivity index (χ1v) is 11.9. The number of carbonyl (C=O) groups is 2. The highest BCUT2D eigenvalue weighted by molar-refractivity contribution is 6.12. The van der Waals surface area contributed by atoms with Crippen molar-refractivity contribution in [2.24, 2.45) is 5.92 Å². The Hall–Kier alpha value is -4.11. The Morgan fingerprint density at radius 2 is 2.03 bits per heavy atom. The average Bonchev–Trinajstić information content (AvgIpc) is 3.57. The first-order valence-electron chi connectivity index (χ1n) is 11.9. The third kappa shape index (κ3) is 3.02. The minimum absolute atomic E-state index is 0.0152. The van der Waals surface area contributed by atoms with Crippen molar-refractivity contribution in [3.05, 3.63) is 93.8 Å². The van der Waals surface area contributed by atoms with Crippen LogP contribution in [0.4, 0.5) is 11.4 Å². The van der Waals surface area contributed by atoms with Crippen molar-refractivity contribution in [3.8, 4) is 5.75 Å². The molecule has 36 heavy (non-hydrogen) atoms. The minimum atomic E-state index is -1.23. The van der Waals surface area contributed by atoms with Crippen molar-refractivity contribution in [3.63, 3.8) is 0 Å². The number of Topliss-reactive ketones (excluding diaryl/α,β-unsaturated/α-hetero) is 1. The number of nitro benzene ring substituents is 1. The molecule has 0 radical (unpaired) electrons. The van der Waals surface area contributed by atoms with Crippen molar-refractivity contribution in [1.82, 2.24) is 9.88 Å². The minimum Gasteiger partial charge on any atom is -0.497 e. The van der Waals surface area contributed by atoms with E-state index in [1.54, 1.807) is 43.6 Å². The molecule has 3 aliphatic heterocycles. The van der Waals surface area contributed by atoms with Crippen LogP contribution in [0.5, 0.6) is 5.75 Å². The van der Waals surface area contributed by atoms with E-state index in [1.165, 1.54) is 18.3 Å². The van der Waals surface area contributed by atoms with Gasteiger partial charge < -0.3 is 10.1 Å². The molecule has 9 nitrogen and oxygen atoms in total. The maximum atomic E-state index is 14.3. The Kier molecular flexibility index (Phi) is 5.11. The lowest BCUT2D eigenvalue weighted by Crippen LogP contribution is -2.52. The summed E-state index contributed by atoms with van der Waals surface area (Å²) < 4.78 is 5.50. The van der Waals surface area contributed by atoms with Gasteiger partial charge in [-0.2, -0.15) is 0 Å². The number of methoxy groups -OCH3 is 1. The molecule has 9 heteroatoms. The quantitative estimate of drug-likeness (QED) is 0.332. The number of fused-ring (bicyclic) bond motifs is 4. The number of nitrogens with one attached hydrogen (secondary N) is 1. The molecule has 2 fully saturated rings. The van der Waals surface area contributed by atoms with Gasteiger partial charge in [-0.1, -0.05) is 12.1 Å². The zero-order valence-corrected chi connectivity index (χ0v) is 19.6. The topological polar surface area (TPSA) is 115 Å². The zero-order chi connectivity index (χ0) is 25.0. The van der Waals surface area contributed by atoms with Crippen LogP contribution in [0, 0.1) is 16.0 Å². The summed E-state index contributed by atoms with van der Waals surface area (Å²) in [5.74, 6) is -0.909. The van der Waals surface area contributed by atoms with Gasteiger partial charge in [0.05, 0.1) is 18.0 Å². The number of rotatable bonds is 5. The summed E-state index contributed by atoms with van der Waals surface area (Å²) >= 11 is 0. The molecule has 1 N–H and O–H groups in total. The third-order valence-corrected chi connectivity index (χ3v) is 7.93. The van der Waals surface area contributed by atoms with E-state index in [1.807, 2.05) is 12.1 Å². The Morgan fingerprint density at radius 3 is 2.72 bits per heavy atom. The first kappa shape index (κ1) is 22.4. The van der Waals surface area contributed by atoms with Crippen LogP contribution in [-0.2, 0) is 10.3 Å². The van der Waals surface area contributed by atoms with Crippen molar-refractivity contribution < 1.29 is 19.2 Å². The number of nitrogens with zero attached hydrogens (tertiary/aromatic N) is 3. The molecule has 1 spiro atoms. The Balaban J connectivity index is 1.60. The highest BCUT2D eigenvalue weighted by Crippen LogP contribution is 2.61. The van der Waals surface area contributed by atoms with Crippen LogP contribution in [0.15, 0.2) is 67.0 Å². The lowest BCUT2D eigenvalue weighted by molar-refractivity contribution is -0.384. The Bertz CT molecular complexity index is 1380. The van der Waals surface area contributed by atoms with Crippen LogP contribution in [0.3, 0.4) is 0 Å². The fourth-order valence-electron chi connectivity index (χ4n) is 6.55. The molecule has 1 aromatic heterocycles. The van der Waals surface area contributed by atoms with Crippen LogP contribution in [-0.4, -0.2) is 46.2 Å². The molecule has 0 aliphatic carbocycles. The number of carbonyl (C=O) groups excluding carboxylic acids is 2. The number of aromatic nitrogens is 1. The number of nitro groups is 1. The summed E-state index contributed by atoms with van der Waals surface area (Å²) in [4.78, 5) is 45.5. The normalized spacial score (nSPS) is 26.5. The molecule has 0 unspecified atom stereocenters. The number of anilines is 1. The van der Waals surface area contributed by atoms with E-state index in [0.717, 1.165) is 24.0 Å². The fraction of sp³-hybridized carbons (Fsp3) is 0.296. The summed E-state index contributed by atoms with van der Waals surface area (Å²) in [5, 5.41) is 14.3. The first-order chi connectivity index (χ1) is 17.5. The highest BCUT2D eigenvalue weighted by Gasteiger charge is 2.69. The molecular formula is C27H24N4O5. The van der Waals surface area contributed by atoms with Gasteiger partial charge in [0.2, 0.25) is 5.91 Å². The van der Waals surface area contributed by atoms with Crippen molar-refractivity contribution >= 4 is 23.1 Å². The van der Waals surface area contributed by atoms with E-state index in [4.69, 9.17) is 4.74 Å². The van der Waals surface area contributed by atoms with Gasteiger partial charge in [-0.3, -0.25) is 29.6 Å². The monoisotopic (exact) mass is 484 g/mol. The molecule has 0 bridgehead atoms. The number of pyridine rings is 1. The number of amides is 1. The second kappa shape index (κ2) is 8.23. The van der Waals surface area contributed by atoms with Gasteiger partial charge in [0.25, 0.3) is 5.69 Å². The lowest BCUT2D eigenvalue weighted by atomic mass is 9.69. The SMILES string of the molecule is COc1ccc2c(c1)[C@]1(C(=O)N2)[C@@H](C(=O)c2cccnc2)[C@@H](c2ccc([N+](=O)[O-])cc2)[C@H]2CCCN21. The van der Waals surface area contributed by atoms with Gasteiger partial charge in [0.15, 0.2) is 5.78 Å². The Labute approximate surface area is 207 Å². The highest BCUT2D eigenvalue weighted by atomic mass is 16.6. The van der Waals surface area contributed by atoms with E-state index < -0.39 is 16.4 Å². The van der Waals surface area contributed by atoms with E-state index >= 15 is 0 Å². The fourth-order valence-corrected chi connectivity index (χ4v) is 6.55. The molecule has 1 amide bonds. The molecule has 6 rings (SSSR count). The number of benzene rings is 2. The van der Waals surface area contributed by atoms with E-state index in [2.05, 4.69) is 15.2 Å². The average molecular weight is 485 g/mol. The molecule has 4 heterocycles. The maximum absolute atomic E-state index is 14.3. The van der Waals surface area contributed by atoms with Gasteiger partial charge in [-0.05, 0) is 55.3 Å². The number of ketones is 1. The number of ether oxygens (including phenoxy) is 1. The van der Waals surface area contributed by atoms with E-state index in [-0.39, 0.29) is 29.3 Å². The van der Waals surface area contributed by atoms with E-state index in [0.29, 0.717) is 23.5 Å². The molecule has 0 saturated carbocycles. The number of non-ortho nitro benzene ring substituents is 1. The van der Waals surface area contributed by atoms with Gasteiger partial charge >= 0.3 is 0 Å². The largest absolute Gasteiger partial charge is 0.497 e. The maximum Gasteiger partial charge on any atom is 0.269 e. The molecule has 2 saturated heterocycles. The van der Waals surface area contributed by atoms with Crippen LogP contribution >= 0.6 is 0 Å². The van der Waals surface area contributed by atoms with Crippen LogP contribution in [0.1, 0.15) is 40.2 Å². The van der Waals surface area contributed by atoms with Gasteiger partial charge in [-0.25, -0.2) is 0 Å². The molecule has 2 aromatic carbocycles. The van der Waals surface area contributed by atoms with Crippen molar-refractivity contribution in [2.75, 3.05) is 19.0 Å². The zero-order valence-electron chi connectivity index (χ0n) is 19.6. The summed E-state index contributed by atoms with van der Waals surface area (Å²) in [5.41, 5.74) is 1.38. The van der Waals surface area contributed by atoms with Gasteiger partial charge in [0.1, 0.15) is 11.3 Å². The van der Waals surface area contributed by atoms with E-state index in [9.17, 15) is 19.7 Å². The molecule has 3 aromatic rings. The lowest BCUT2D eigenvalue weighted by Gasteiger charge is -2.37. The molecule has 182 valence electrons. The summed E-state index contributed by atoms with van der Waals surface area (Å²) in [6, 6.07) is 15.2. The van der Waals surface area contributed by atoms with Crippen LogP contribution < -0.4 is 10.1 Å². The summed E-state index contributed by atoms with van der Waals surface area (Å²) in [6.45, 7) is 0.662. The molecular weight excluding hydrogens is 460 g/mol. The number of hydrogen-bond acceptors (Lipinski definition) is 7.